The van der Waals surface area contributed by atoms with Gasteiger partial charge in [-0.05, 0) is 48.5 Å². The van der Waals surface area contributed by atoms with Gasteiger partial charge in [-0.1, -0.05) is 88.2 Å². The standard InChI is InChI=1S/C25H20BrClP/c26-25-18-21(27)17-16-20(25)19-28(22-10-4-1-5-11-22,23-12-6-2-7-13-23)24-14-8-3-9-15-24/h1-18H,19H2/q+1. The fourth-order valence-corrected chi connectivity index (χ4v) is 8.99. The number of halogens is 2. The molecule has 0 heterocycles. The summed E-state index contributed by atoms with van der Waals surface area (Å²) in [5.41, 5.74) is 1.27. The molecule has 0 aliphatic rings. The summed E-state index contributed by atoms with van der Waals surface area (Å²) in [6.45, 7) is 0. The molecule has 0 aliphatic heterocycles. The fraction of sp³-hybridized carbons (Fsp3) is 0.0400. The molecule has 0 saturated heterocycles. The van der Waals surface area contributed by atoms with Crippen molar-refractivity contribution in [1.29, 1.82) is 0 Å². The summed E-state index contributed by atoms with van der Waals surface area (Å²) >= 11 is 9.97. The molecule has 0 aliphatic carbocycles. The average Bonchev–Trinajstić information content (AvgIpc) is 2.75. The number of rotatable bonds is 5. The monoisotopic (exact) mass is 465 g/mol. The summed E-state index contributed by atoms with van der Waals surface area (Å²) < 4.78 is 1.06. The van der Waals surface area contributed by atoms with Gasteiger partial charge in [-0.2, -0.15) is 0 Å². The molecule has 0 nitrogen and oxygen atoms in total. The molecule has 0 spiro atoms. The second-order valence-corrected chi connectivity index (χ2v) is 11.5. The highest BCUT2D eigenvalue weighted by atomic mass is 79.9. The summed E-state index contributed by atoms with van der Waals surface area (Å²) in [4.78, 5) is 0. The first-order chi connectivity index (χ1) is 13.7. The lowest BCUT2D eigenvalue weighted by Gasteiger charge is -2.28. The van der Waals surface area contributed by atoms with Gasteiger partial charge in [0, 0.05) is 15.1 Å². The van der Waals surface area contributed by atoms with Crippen LogP contribution in [0.5, 0.6) is 0 Å². The molecule has 0 N–H and O–H groups in total. The number of hydrogen-bond acceptors (Lipinski definition) is 0. The van der Waals surface area contributed by atoms with Gasteiger partial charge in [-0.15, -0.1) is 0 Å². The van der Waals surface area contributed by atoms with E-state index in [4.69, 9.17) is 11.6 Å². The van der Waals surface area contributed by atoms with Crippen LogP contribution < -0.4 is 15.9 Å². The molecule has 3 heteroatoms. The van der Waals surface area contributed by atoms with E-state index in [0.29, 0.717) is 0 Å². The first-order valence-electron chi connectivity index (χ1n) is 9.19. The fourth-order valence-electron chi connectivity index (χ4n) is 3.67. The molecule has 0 unspecified atom stereocenters. The maximum atomic E-state index is 6.22. The van der Waals surface area contributed by atoms with Crippen molar-refractivity contribution in [2.24, 2.45) is 0 Å². The molecule has 28 heavy (non-hydrogen) atoms. The lowest BCUT2D eigenvalue weighted by Crippen LogP contribution is -2.32. The van der Waals surface area contributed by atoms with Crippen molar-refractivity contribution in [1.82, 2.24) is 0 Å². The van der Waals surface area contributed by atoms with Crippen molar-refractivity contribution in [2.75, 3.05) is 0 Å². The van der Waals surface area contributed by atoms with Crippen LogP contribution in [0.1, 0.15) is 5.56 Å². The molecule has 0 fully saturated rings. The van der Waals surface area contributed by atoms with E-state index in [1.54, 1.807) is 0 Å². The van der Waals surface area contributed by atoms with Crippen molar-refractivity contribution >= 4 is 50.7 Å². The maximum absolute atomic E-state index is 6.22. The van der Waals surface area contributed by atoms with E-state index in [1.165, 1.54) is 21.5 Å². The molecule has 0 aromatic heterocycles. The molecule has 0 bridgehead atoms. The van der Waals surface area contributed by atoms with Gasteiger partial charge < -0.3 is 0 Å². The van der Waals surface area contributed by atoms with Gasteiger partial charge in [0.05, 0.1) is 6.16 Å². The number of benzene rings is 4. The van der Waals surface area contributed by atoms with E-state index >= 15 is 0 Å². The Hall–Kier alpha value is -1.92. The van der Waals surface area contributed by atoms with Crippen LogP contribution in [0, 0.1) is 0 Å². The van der Waals surface area contributed by atoms with Crippen molar-refractivity contribution in [3.63, 3.8) is 0 Å². The molecule has 4 aromatic carbocycles. The highest BCUT2D eigenvalue weighted by Crippen LogP contribution is 2.58. The van der Waals surface area contributed by atoms with Crippen LogP contribution in [-0.4, -0.2) is 0 Å². The molecular formula is C25H20BrClP+. The Bertz CT molecular complexity index is 953. The summed E-state index contributed by atoms with van der Waals surface area (Å²) in [6.07, 6.45) is 0.933. The summed E-state index contributed by atoms with van der Waals surface area (Å²) in [6, 6.07) is 38.9. The van der Waals surface area contributed by atoms with Crippen LogP contribution >= 0.6 is 34.8 Å². The zero-order valence-electron chi connectivity index (χ0n) is 15.3. The van der Waals surface area contributed by atoms with E-state index in [9.17, 15) is 0 Å². The molecule has 4 rings (SSSR count). The van der Waals surface area contributed by atoms with Gasteiger partial charge in [-0.25, -0.2) is 0 Å². The van der Waals surface area contributed by atoms with Crippen LogP contribution in [0.2, 0.25) is 5.02 Å². The second kappa shape index (κ2) is 8.62. The van der Waals surface area contributed by atoms with Crippen LogP contribution in [-0.2, 0) is 6.16 Å². The van der Waals surface area contributed by atoms with Gasteiger partial charge in [0.25, 0.3) is 0 Å². The second-order valence-electron chi connectivity index (χ2n) is 6.71. The Morgan fingerprint density at radius 1 is 0.607 bits per heavy atom. The van der Waals surface area contributed by atoms with E-state index < -0.39 is 7.26 Å². The van der Waals surface area contributed by atoms with Crippen LogP contribution in [0.15, 0.2) is 114 Å². The minimum absolute atomic E-state index is 0.749. The maximum Gasteiger partial charge on any atom is 0.116 e. The zero-order chi connectivity index (χ0) is 19.4. The van der Waals surface area contributed by atoms with Gasteiger partial charge >= 0.3 is 0 Å². The Kier molecular flexibility index (Phi) is 5.97. The molecule has 0 atom stereocenters. The Balaban J connectivity index is 2.01. The molecule has 138 valence electrons. The van der Waals surface area contributed by atoms with E-state index in [0.717, 1.165) is 15.7 Å². The van der Waals surface area contributed by atoms with Gasteiger partial charge in [0.1, 0.15) is 23.2 Å². The molecule has 0 amide bonds. The third-order valence-electron chi connectivity index (χ3n) is 5.01. The molecule has 0 saturated carbocycles. The van der Waals surface area contributed by atoms with Gasteiger partial charge in [0.15, 0.2) is 0 Å². The Morgan fingerprint density at radius 3 is 1.43 bits per heavy atom. The van der Waals surface area contributed by atoms with Crippen LogP contribution in [0.4, 0.5) is 0 Å². The average molecular weight is 467 g/mol. The van der Waals surface area contributed by atoms with Crippen molar-refractivity contribution < 1.29 is 0 Å². The summed E-state index contributed by atoms with van der Waals surface area (Å²) in [7, 11) is -1.89. The lowest BCUT2D eigenvalue weighted by atomic mass is 10.2. The Labute approximate surface area is 180 Å². The van der Waals surface area contributed by atoms with E-state index in [1.807, 2.05) is 12.1 Å². The van der Waals surface area contributed by atoms with E-state index in [2.05, 4.69) is 113 Å². The smallest absolute Gasteiger partial charge is 0.0843 e. The third kappa shape index (κ3) is 3.80. The third-order valence-corrected chi connectivity index (χ3v) is 10.3. The highest BCUT2D eigenvalue weighted by Gasteiger charge is 2.45. The normalized spacial score (nSPS) is 11.4. The van der Waals surface area contributed by atoms with Gasteiger partial charge in [-0.3, -0.25) is 0 Å². The minimum atomic E-state index is -1.89. The lowest BCUT2D eigenvalue weighted by molar-refractivity contribution is 1.36. The van der Waals surface area contributed by atoms with Gasteiger partial charge in [0.2, 0.25) is 0 Å². The largest absolute Gasteiger partial charge is 0.116 e. The quantitative estimate of drug-likeness (QED) is 0.291. The van der Waals surface area contributed by atoms with E-state index in [-0.39, 0.29) is 0 Å². The molecule has 4 aromatic rings. The van der Waals surface area contributed by atoms with Crippen LogP contribution in [0.3, 0.4) is 0 Å². The first kappa shape index (κ1) is 19.4. The molecular weight excluding hydrogens is 447 g/mol. The summed E-state index contributed by atoms with van der Waals surface area (Å²) in [5, 5.41) is 4.90. The predicted molar refractivity (Wildman–Crippen MR) is 128 cm³/mol. The summed E-state index contributed by atoms with van der Waals surface area (Å²) in [5.74, 6) is 0. The van der Waals surface area contributed by atoms with Crippen molar-refractivity contribution in [2.45, 2.75) is 6.16 Å². The predicted octanol–water partition coefficient (Wildman–Crippen LogP) is 6.60. The Morgan fingerprint density at radius 2 is 1.04 bits per heavy atom. The SMILES string of the molecule is Clc1ccc(C[P+](c2ccccc2)(c2ccccc2)c2ccccc2)c(Br)c1. The first-order valence-corrected chi connectivity index (χ1v) is 12.3. The van der Waals surface area contributed by atoms with Crippen LogP contribution in [0.25, 0.3) is 0 Å². The highest BCUT2D eigenvalue weighted by molar-refractivity contribution is 9.10. The molecule has 0 radical (unpaired) electrons. The van der Waals surface area contributed by atoms with Crippen molar-refractivity contribution in [3.05, 3.63) is 124 Å². The topological polar surface area (TPSA) is 0 Å². The van der Waals surface area contributed by atoms with Crippen molar-refractivity contribution in [3.8, 4) is 0 Å². The minimum Gasteiger partial charge on any atom is -0.0843 e. The zero-order valence-corrected chi connectivity index (χ0v) is 18.5. The number of hydrogen-bond donors (Lipinski definition) is 0.